The summed E-state index contributed by atoms with van der Waals surface area (Å²) in [6, 6.07) is 19.1. The van der Waals surface area contributed by atoms with Gasteiger partial charge in [0.1, 0.15) is 23.3 Å². The van der Waals surface area contributed by atoms with E-state index in [9.17, 15) is 10.1 Å². The molecular weight excluding hydrogens is 386 g/mol. The lowest BCUT2D eigenvalue weighted by Gasteiger charge is -2.14. The number of carbonyl (C=O) groups excluding carboxylic acids is 1. The third-order valence-electron chi connectivity index (χ3n) is 4.64. The summed E-state index contributed by atoms with van der Waals surface area (Å²) in [5.41, 5.74) is 2.19. The molecule has 1 heterocycles. The Morgan fingerprint density at radius 2 is 1.93 bits per heavy atom. The predicted molar refractivity (Wildman–Crippen MR) is 112 cm³/mol. The van der Waals surface area contributed by atoms with Gasteiger partial charge in [-0.2, -0.15) is 5.26 Å². The summed E-state index contributed by atoms with van der Waals surface area (Å²) >= 11 is 6.14. The molecule has 5 nitrogen and oxygen atoms in total. The van der Waals surface area contributed by atoms with Gasteiger partial charge in [-0.15, -0.1) is 0 Å². The number of halogens is 1. The lowest BCUT2D eigenvalue weighted by Crippen LogP contribution is -2.09. The van der Waals surface area contributed by atoms with E-state index in [1.54, 1.807) is 0 Å². The van der Waals surface area contributed by atoms with Crippen LogP contribution in [0.5, 0.6) is 5.75 Å². The molecule has 1 unspecified atom stereocenters. The highest BCUT2D eigenvalue weighted by Gasteiger charge is 2.16. The van der Waals surface area contributed by atoms with Crippen LogP contribution in [0.1, 0.15) is 53.3 Å². The van der Waals surface area contributed by atoms with Crippen LogP contribution in [0.3, 0.4) is 0 Å². The molecule has 2 aromatic carbocycles. The van der Waals surface area contributed by atoms with Gasteiger partial charge in [-0.1, -0.05) is 67.4 Å². The molecule has 1 atom stereocenters. The second-order valence-corrected chi connectivity index (χ2v) is 7.05. The van der Waals surface area contributed by atoms with Gasteiger partial charge < -0.3 is 9.30 Å². The topological polar surface area (TPSA) is 67.9 Å². The first-order valence-corrected chi connectivity index (χ1v) is 9.94. The fourth-order valence-electron chi connectivity index (χ4n) is 3.08. The van der Waals surface area contributed by atoms with Crippen LogP contribution in [0.2, 0.25) is 5.15 Å². The molecule has 6 heteroatoms. The quantitative estimate of drug-likeness (QED) is 0.446. The summed E-state index contributed by atoms with van der Waals surface area (Å²) in [6.45, 7) is 2.60. The molecule has 0 bridgehead atoms. The van der Waals surface area contributed by atoms with Gasteiger partial charge in [0.15, 0.2) is 11.4 Å². The fraction of sp³-hybridized carbons (Fsp3) is 0.261. The zero-order valence-electron chi connectivity index (χ0n) is 16.2. The van der Waals surface area contributed by atoms with Crippen molar-refractivity contribution in [1.82, 2.24) is 9.55 Å². The van der Waals surface area contributed by atoms with E-state index >= 15 is 0 Å². The number of hydrogen-bond acceptors (Lipinski definition) is 4. The third kappa shape index (κ3) is 5.04. The van der Waals surface area contributed by atoms with Crippen molar-refractivity contribution < 1.29 is 9.53 Å². The van der Waals surface area contributed by atoms with Crippen molar-refractivity contribution in [2.45, 2.75) is 38.8 Å². The molecule has 0 radical (unpaired) electrons. The van der Waals surface area contributed by atoms with Gasteiger partial charge in [-0.05, 0) is 24.1 Å². The molecule has 1 aromatic heterocycles. The Bertz CT molecular complexity index is 991. The zero-order valence-corrected chi connectivity index (χ0v) is 17.0. The minimum atomic E-state index is -0.670. The highest BCUT2D eigenvalue weighted by atomic mass is 35.5. The summed E-state index contributed by atoms with van der Waals surface area (Å²) in [5.74, 6) is 1.42. The van der Waals surface area contributed by atoms with Crippen LogP contribution in [-0.4, -0.2) is 15.8 Å². The molecule has 0 aliphatic carbocycles. The monoisotopic (exact) mass is 407 g/mol. The normalized spacial score (nSPS) is 11.6. The van der Waals surface area contributed by atoms with E-state index in [0.717, 1.165) is 42.5 Å². The third-order valence-corrected chi connectivity index (χ3v) is 4.92. The van der Waals surface area contributed by atoms with Gasteiger partial charge in [0.05, 0.1) is 0 Å². The maximum Gasteiger partial charge on any atom is 0.209 e. The molecule has 0 fully saturated rings. The number of aromatic nitrogens is 2. The van der Waals surface area contributed by atoms with Gasteiger partial charge in [0, 0.05) is 18.5 Å². The first-order valence-electron chi connectivity index (χ1n) is 9.56. The molecule has 0 spiro atoms. The summed E-state index contributed by atoms with van der Waals surface area (Å²) in [5, 5.41) is 9.66. The maximum absolute atomic E-state index is 11.5. The van der Waals surface area contributed by atoms with Crippen molar-refractivity contribution in [3.05, 3.63) is 82.4 Å². The molecule has 0 saturated carbocycles. The van der Waals surface area contributed by atoms with E-state index in [1.165, 1.54) is 0 Å². The lowest BCUT2D eigenvalue weighted by atomic mass is 10.1. The fourth-order valence-corrected chi connectivity index (χ4v) is 3.33. The number of nitrogens with zero attached hydrogens (tertiary/aromatic N) is 3. The predicted octanol–water partition coefficient (Wildman–Crippen LogP) is 5.38. The Kier molecular flexibility index (Phi) is 7.04. The van der Waals surface area contributed by atoms with Crippen LogP contribution < -0.4 is 4.74 Å². The van der Waals surface area contributed by atoms with Crippen molar-refractivity contribution in [3.8, 4) is 11.8 Å². The standard InChI is InChI=1S/C23H22ClN3O2/c1-2-3-9-22-26-23(24)20(16-28)27(22)15-17-10-12-19(13-11-17)29-21(14-25)18-7-5-4-6-8-18/h4-8,10-13,16,21H,2-3,9,15H2,1H3. The van der Waals surface area contributed by atoms with Gasteiger partial charge in [-0.25, -0.2) is 4.98 Å². The number of aryl methyl sites for hydroxylation is 1. The van der Waals surface area contributed by atoms with E-state index < -0.39 is 6.10 Å². The zero-order chi connectivity index (χ0) is 20.6. The highest BCUT2D eigenvalue weighted by Crippen LogP contribution is 2.23. The van der Waals surface area contributed by atoms with Crippen molar-refractivity contribution in [2.75, 3.05) is 0 Å². The molecule has 29 heavy (non-hydrogen) atoms. The van der Waals surface area contributed by atoms with Gasteiger partial charge >= 0.3 is 0 Å². The second-order valence-electron chi connectivity index (χ2n) is 6.69. The van der Waals surface area contributed by atoms with E-state index in [1.807, 2.05) is 59.2 Å². The first kappa shape index (κ1) is 20.6. The second kappa shape index (κ2) is 9.90. The molecular formula is C23H22ClN3O2. The average molecular weight is 408 g/mol. The minimum Gasteiger partial charge on any atom is -0.471 e. The molecule has 0 amide bonds. The molecule has 3 rings (SSSR count). The Morgan fingerprint density at radius 3 is 2.55 bits per heavy atom. The number of nitriles is 1. The summed E-state index contributed by atoms with van der Waals surface area (Å²) in [4.78, 5) is 15.8. The smallest absolute Gasteiger partial charge is 0.209 e. The van der Waals surface area contributed by atoms with Crippen molar-refractivity contribution in [2.24, 2.45) is 0 Å². The van der Waals surface area contributed by atoms with E-state index in [2.05, 4.69) is 18.0 Å². The maximum atomic E-state index is 11.5. The molecule has 0 saturated heterocycles. The van der Waals surface area contributed by atoms with Crippen LogP contribution in [0.25, 0.3) is 0 Å². The van der Waals surface area contributed by atoms with E-state index in [0.29, 0.717) is 18.0 Å². The van der Waals surface area contributed by atoms with Crippen molar-refractivity contribution >= 4 is 17.9 Å². The largest absolute Gasteiger partial charge is 0.471 e. The lowest BCUT2D eigenvalue weighted by molar-refractivity contribution is 0.111. The number of hydrogen-bond donors (Lipinski definition) is 0. The van der Waals surface area contributed by atoms with Crippen LogP contribution in [0.4, 0.5) is 0 Å². The van der Waals surface area contributed by atoms with Gasteiger partial charge in [-0.3, -0.25) is 4.79 Å². The van der Waals surface area contributed by atoms with Crippen LogP contribution in [-0.2, 0) is 13.0 Å². The number of carbonyl (C=O) groups is 1. The van der Waals surface area contributed by atoms with Gasteiger partial charge in [0.25, 0.3) is 0 Å². The van der Waals surface area contributed by atoms with E-state index in [4.69, 9.17) is 16.3 Å². The number of rotatable bonds is 9. The molecule has 0 N–H and O–H groups in total. The minimum absolute atomic E-state index is 0.241. The summed E-state index contributed by atoms with van der Waals surface area (Å²) in [7, 11) is 0. The Labute approximate surface area is 175 Å². The van der Waals surface area contributed by atoms with E-state index in [-0.39, 0.29) is 5.15 Å². The van der Waals surface area contributed by atoms with Crippen molar-refractivity contribution in [1.29, 1.82) is 5.26 Å². The van der Waals surface area contributed by atoms with Gasteiger partial charge in [0.2, 0.25) is 6.10 Å². The Morgan fingerprint density at radius 1 is 1.21 bits per heavy atom. The average Bonchev–Trinajstić information content (AvgIpc) is 3.06. The Balaban J connectivity index is 1.76. The Hall–Kier alpha value is -3.10. The SMILES string of the molecule is CCCCc1nc(Cl)c(C=O)n1Cc1ccc(OC(C#N)c2ccccc2)cc1. The van der Waals surface area contributed by atoms with Crippen LogP contribution in [0.15, 0.2) is 54.6 Å². The molecule has 0 aliphatic heterocycles. The number of imidazole rings is 1. The highest BCUT2D eigenvalue weighted by molar-refractivity contribution is 6.31. The van der Waals surface area contributed by atoms with Crippen LogP contribution >= 0.6 is 11.6 Å². The number of aldehydes is 1. The van der Waals surface area contributed by atoms with Crippen LogP contribution in [0, 0.1) is 11.3 Å². The molecule has 0 aliphatic rings. The molecule has 3 aromatic rings. The summed E-state index contributed by atoms with van der Waals surface area (Å²) in [6.07, 6.45) is 2.87. The first-order chi connectivity index (χ1) is 14.2. The number of benzene rings is 2. The molecule has 148 valence electrons. The number of ether oxygens (including phenoxy) is 1. The summed E-state index contributed by atoms with van der Waals surface area (Å²) < 4.78 is 7.69. The number of unbranched alkanes of at least 4 members (excludes halogenated alkanes) is 1. The van der Waals surface area contributed by atoms with Crippen molar-refractivity contribution in [3.63, 3.8) is 0 Å².